The van der Waals surface area contributed by atoms with Crippen LogP contribution in [-0.4, -0.2) is 7.05 Å². The summed E-state index contributed by atoms with van der Waals surface area (Å²) in [6, 6.07) is 7.31. The predicted molar refractivity (Wildman–Crippen MR) is 72.5 cm³/mol. The average molecular weight is 293 g/mol. The van der Waals surface area contributed by atoms with Crippen molar-refractivity contribution in [2.75, 3.05) is 7.05 Å². The highest BCUT2D eigenvalue weighted by atomic mass is 19.1. The minimum Gasteiger partial charge on any atom is -0.485 e. The van der Waals surface area contributed by atoms with E-state index in [0.717, 1.165) is 18.2 Å². The number of benzene rings is 2. The lowest BCUT2D eigenvalue weighted by molar-refractivity contribution is 0.149. The van der Waals surface area contributed by atoms with Gasteiger partial charge >= 0.3 is 0 Å². The lowest BCUT2D eigenvalue weighted by Gasteiger charge is -2.32. The molecule has 3 rings (SSSR count). The van der Waals surface area contributed by atoms with Crippen LogP contribution >= 0.6 is 0 Å². The Kier molecular flexibility index (Phi) is 3.59. The maximum absolute atomic E-state index is 13.9. The first-order chi connectivity index (χ1) is 10.1. The number of fused-ring (bicyclic) bond motifs is 1. The summed E-state index contributed by atoms with van der Waals surface area (Å²) in [5, 5.41) is 3.06. The summed E-state index contributed by atoms with van der Waals surface area (Å²) in [7, 11) is 1.74. The molecule has 0 spiro atoms. The van der Waals surface area contributed by atoms with Gasteiger partial charge in [-0.25, -0.2) is 13.2 Å². The van der Waals surface area contributed by atoms with Gasteiger partial charge in [-0.2, -0.15) is 0 Å². The van der Waals surface area contributed by atoms with Gasteiger partial charge in [-0.3, -0.25) is 0 Å². The number of hydrogen-bond donors (Lipinski definition) is 1. The van der Waals surface area contributed by atoms with Crippen LogP contribution in [0.4, 0.5) is 13.2 Å². The minimum absolute atomic E-state index is 0.172. The number of rotatable bonds is 2. The van der Waals surface area contributed by atoms with E-state index >= 15 is 0 Å². The summed E-state index contributed by atoms with van der Waals surface area (Å²) in [4.78, 5) is 0. The van der Waals surface area contributed by atoms with Crippen molar-refractivity contribution in [1.82, 2.24) is 5.32 Å². The predicted octanol–water partition coefficient (Wildman–Crippen LogP) is 3.89. The third-order valence-corrected chi connectivity index (χ3v) is 3.72. The number of halogens is 3. The Hall–Kier alpha value is -2.01. The highest BCUT2D eigenvalue weighted by Crippen LogP contribution is 2.41. The Balaban J connectivity index is 2.00. The highest BCUT2D eigenvalue weighted by Gasteiger charge is 2.30. The van der Waals surface area contributed by atoms with Gasteiger partial charge in [-0.15, -0.1) is 0 Å². The van der Waals surface area contributed by atoms with Crippen molar-refractivity contribution in [3.63, 3.8) is 0 Å². The molecule has 1 aliphatic heterocycles. The minimum atomic E-state index is -0.615. The Labute approximate surface area is 120 Å². The van der Waals surface area contributed by atoms with Gasteiger partial charge in [0.15, 0.2) is 0 Å². The van der Waals surface area contributed by atoms with Crippen molar-refractivity contribution >= 4 is 0 Å². The molecule has 2 atom stereocenters. The molecule has 0 aromatic heterocycles. The molecule has 2 aromatic rings. The maximum atomic E-state index is 13.9. The fourth-order valence-corrected chi connectivity index (χ4v) is 2.67. The molecule has 2 unspecified atom stereocenters. The Morgan fingerprint density at radius 3 is 2.38 bits per heavy atom. The molecular weight excluding hydrogens is 279 g/mol. The second kappa shape index (κ2) is 5.41. The largest absolute Gasteiger partial charge is 0.485 e. The highest BCUT2D eigenvalue weighted by molar-refractivity contribution is 5.40. The summed E-state index contributed by atoms with van der Waals surface area (Å²) in [5.74, 6) is -0.897. The number of ether oxygens (including phenoxy) is 1. The molecule has 0 saturated heterocycles. The fraction of sp³-hybridized carbons (Fsp3) is 0.250. The van der Waals surface area contributed by atoms with Crippen molar-refractivity contribution in [3.8, 4) is 5.75 Å². The van der Waals surface area contributed by atoms with Crippen LogP contribution in [0.5, 0.6) is 5.75 Å². The molecule has 5 heteroatoms. The van der Waals surface area contributed by atoms with Gasteiger partial charge in [-0.1, -0.05) is 0 Å². The molecule has 0 saturated carbocycles. The van der Waals surface area contributed by atoms with Gasteiger partial charge in [0.05, 0.1) is 0 Å². The van der Waals surface area contributed by atoms with Crippen LogP contribution in [0.3, 0.4) is 0 Å². The van der Waals surface area contributed by atoms with Crippen LogP contribution in [0.15, 0.2) is 36.4 Å². The van der Waals surface area contributed by atoms with Crippen molar-refractivity contribution < 1.29 is 17.9 Å². The van der Waals surface area contributed by atoms with Crippen molar-refractivity contribution in [2.24, 2.45) is 0 Å². The van der Waals surface area contributed by atoms with Crippen LogP contribution in [0.2, 0.25) is 0 Å². The van der Waals surface area contributed by atoms with E-state index in [9.17, 15) is 13.2 Å². The molecule has 0 aliphatic carbocycles. The van der Waals surface area contributed by atoms with E-state index < -0.39 is 17.7 Å². The van der Waals surface area contributed by atoms with Gasteiger partial charge < -0.3 is 10.1 Å². The van der Waals surface area contributed by atoms with Crippen molar-refractivity contribution in [3.05, 3.63) is 65.0 Å². The summed E-state index contributed by atoms with van der Waals surface area (Å²) in [6.45, 7) is 0. The topological polar surface area (TPSA) is 21.3 Å². The summed E-state index contributed by atoms with van der Waals surface area (Å²) >= 11 is 0. The van der Waals surface area contributed by atoms with Crippen LogP contribution in [0, 0.1) is 17.5 Å². The zero-order valence-electron chi connectivity index (χ0n) is 11.4. The third kappa shape index (κ3) is 2.61. The van der Waals surface area contributed by atoms with Crippen LogP contribution in [-0.2, 0) is 0 Å². The van der Waals surface area contributed by atoms with Gasteiger partial charge in [0.1, 0.15) is 29.3 Å². The lowest BCUT2D eigenvalue weighted by Crippen LogP contribution is -2.27. The van der Waals surface area contributed by atoms with Gasteiger partial charge in [-0.05, 0) is 43.4 Å². The smallest absolute Gasteiger partial charge is 0.130 e. The second-order valence-corrected chi connectivity index (χ2v) is 5.03. The first-order valence-corrected chi connectivity index (χ1v) is 6.67. The van der Waals surface area contributed by atoms with Crippen molar-refractivity contribution in [2.45, 2.75) is 18.6 Å². The Morgan fingerprint density at radius 2 is 1.67 bits per heavy atom. The Bertz CT molecular complexity index is 675. The molecule has 0 bridgehead atoms. The van der Waals surface area contributed by atoms with E-state index in [1.807, 2.05) is 0 Å². The van der Waals surface area contributed by atoms with E-state index in [0.29, 0.717) is 17.7 Å². The van der Waals surface area contributed by atoms with Gasteiger partial charge in [0.25, 0.3) is 0 Å². The van der Waals surface area contributed by atoms with Crippen LogP contribution < -0.4 is 10.1 Å². The fourth-order valence-electron chi connectivity index (χ4n) is 2.67. The monoisotopic (exact) mass is 293 g/mol. The Morgan fingerprint density at radius 1 is 1.00 bits per heavy atom. The first kappa shape index (κ1) is 13.9. The SMILES string of the molecule is CNC1CC(c2cc(F)ccc2F)Oc2ccc(F)cc21. The molecule has 1 heterocycles. The normalized spacial score (nSPS) is 20.8. The number of nitrogens with one attached hydrogen (secondary N) is 1. The molecule has 0 fully saturated rings. The van der Waals surface area contributed by atoms with Crippen molar-refractivity contribution in [1.29, 1.82) is 0 Å². The van der Waals surface area contributed by atoms with E-state index in [2.05, 4.69) is 5.32 Å². The van der Waals surface area contributed by atoms with E-state index in [1.165, 1.54) is 18.2 Å². The third-order valence-electron chi connectivity index (χ3n) is 3.72. The molecule has 1 aliphatic rings. The summed E-state index contributed by atoms with van der Waals surface area (Å²) < 4.78 is 46.3. The lowest BCUT2D eigenvalue weighted by atomic mass is 9.92. The summed E-state index contributed by atoms with van der Waals surface area (Å²) in [6.07, 6.45) is -0.219. The quantitative estimate of drug-likeness (QED) is 0.907. The zero-order valence-corrected chi connectivity index (χ0v) is 11.4. The second-order valence-electron chi connectivity index (χ2n) is 5.03. The van der Waals surface area contributed by atoms with Crippen LogP contribution in [0.25, 0.3) is 0 Å². The van der Waals surface area contributed by atoms with Gasteiger partial charge in [0.2, 0.25) is 0 Å². The molecule has 1 N–H and O–H groups in total. The number of hydrogen-bond acceptors (Lipinski definition) is 2. The molecule has 0 amide bonds. The zero-order chi connectivity index (χ0) is 15.0. The molecular formula is C16H14F3NO. The standard InChI is InChI=1S/C16H14F3NO/c1-20-14-8-16(11-6-9(17)2-4-13(11)19)21-15-5-3-10(18)7-12(14)15/h2-7,14,16,20H,8H2,1H3. The van der Waals surface area contributed by atoms with E-state index in [4.69, 9.17) is 4.74 Å². The first-order valence-electron chi connectivity index (χ1n) is 6.67. The maximum Gasteiger partial charge on any atom is 0.130 e. The molecule has 110 valence electrons. The average Bonchev–Trinajstić information content (AvgIpc) is 2.48. The van der Waals surface area contributed by atoms with E-state index in [1.54, 1.807) is 7.05 Å². The van der Waals surface area contributed by atoms with Gasteiger partial charge in [0, 0.05) is 23.6 Å². The van der Waals surface area contributed by atoms with Crippen LogP contribution in [0.1, 0.15) is 29.7 Å². The molecule has 2 nitrogen and oxygen atoms in total. The van der Waals surface area contributed by atoms with E-state index in [-0.39, 0.29) is 17.4 Å². The molecule has 2 aromatic carbocycles. The molecule has 0 radical (unpaired) electrons. The summed E-state index contributed by atoms with van der Waals surface area (Å²) in [5.41, 5.74) is 0.857. The molecule has 21 heavy (non-hydrogen) atoms.